The Morgan fingerprint density at radius 2 is 2.11 bits per heavy atom. The Morgan fingerprint density at radius 3 is 2.67 bits per heavy atom. The molecule has 7 heteroatoms. The Hall–Kier alpha value is -0.170. The van der Waals surface area contributed by atoms with Crippen molar-refractivity contribution < 1.29 is 8.42 Å². The average Bonchev–Trinajstić information content (AvgIpc) is 2.33. The first kappa shape index (κ1) is 15.9. The van der Waals surface area contributed by atoms with E-state index in [9.17, 15) is 8.42 Å². The lowest BCUT2D eigenvalue weighted by Crippen LogP contribution is -2.32. The van der Waals surface area contributed by atoms with Gasteiger partial charge in [-0.25, -0.2) is 13.4 Å². The van der Waals surface area contributed by atoms with E-state index in [1.165, 1.54) is 16.6 Å². The van der Waals surface area contributed by atoms with Gasteiger partial charge in [-0.05, 0) is 28.4 Å². The first-order valence-electron chi connectivity index (χ1n) is 5.74. The van der Waals surface area contributed by atoms with Gasteiger partial charge >= 0.3 is 0 Å². The average molecular weight is 356 g/mol. The van der Waals surface area contributed by atoms with Gasteiger partial charge in [0.25, 0.3) is 0 Å². The highest BCUT2D eigenvalue weighted by Crippen LogP contribution is 2.25. The fourth-order valence-electron chi connectivity index (χ4n) is 1.51. The first-order chi connectivity index (χ1) is 8.43. The van der Waals surface area contributed by atoms with Crippen molar-refractivity contribution >= 4 is 37.6 Å². The second-order valence-corrected chi connectivity index (χ2v) is 6.97. The van der Waals surface area contributed by atoms with Crippen LogP contribution in [-0.4, -0.2) is 30.8 Å². The number of halogens is 2. The predicted octanol–water partition coefficient (Wildman–Crippen LogP) is 3.31. The summed E-state index contributed by atoms with van der Waals surface area (Å²) in [5.74, 6) is 0. The molecule has 0 aliphatic carbocycles. The van der Waals surface area contributed by atoms with Crippen LogP contribution in [0.4, 0.5) is 0 Å². The van der Waals surface area contributed by atoms with E-state index in [1.54, 1.807) is 0 Å². The molecule has 0 unspecified atom stereocenters. The monoisotopic (exact) mass is 354 g/mol. The number of hydrogen-bond acceptors (Lipinski definition) is 3. The van der Waals surface area contributed by atoms with Crippen LogP contribution in [0.2, 0.25) is 5.15 Å². The van der Waals surface area contributed by atoms with Gasteiger partial charge in [-0.2, -0.15) is 4.31 Å². The van der Waals surface area contributed by atoms with Crippen LogP contribution in [0.3, 0.4) is 0 Å². The Labute approximate surface area is 122 Å². The van der Waals surface area contributed by atoms with Gasteiger partial charge in [0, 0.05) is 23.8 Å². The van der Waals surface area contributed by atoms with Crippen LogP contribution in [-0.2, 0) is 10.0 Å². The lowest BCUT2D eigenvalue weighted by Gasteiger charge is -2.20. The molecular formula is C11H16BrClN2O2S. The number of hydrogen-bond donors (Lipinski definition) is 0. The Bertz CT molecular complexity index is 508. The van der Waals surface area contributed by atoms with Gasteiger partial charge in [-0.1, -0.05) is 31.9 Å². The molecule has 1 aromatic heterocycles. The zero-order chi connectivity index (χ0) is 13.8. The molecule has 0 saturated carbocycles. The fourth-order valence-corrected chi connectivity index (χ4v) is 3.91. The summed E-state index contributed by atoms with van der Waals surface area (Å²) >= 11 is 9.09. The lowest BCUT2D eigenvalue weighted by atomic mass is 10.3. The standard InChI is InChI=1S/C11H16BrClN2O2S/c1-3-5-6-15(4-2)18(16,17)10-7-9(12)8-14-11(10)13/h7-8H,3-6H2,1-2H3. The second kappa shape index (κ2) is 6.84. The normalized spacial score (nSPS) is 12.1. The summed E-state index contributed by atoms with van der Waals surface area (Å²) in [6.45, 7) is 4.75. The highest BCUT2D eigenvalue weighted by Gasteiger charge is 2.26. The van der Waals surface area contributed by atoms with E-state index in [4.69, 9.17) is 11.6 Å². The summed E-state index contributed by atoms with van der Waals surface area (Å²) in [5, 5.41) is 0.00754. The molecule has 1 rings (SSSR count). The minimum Gasteiger partial charge on any atom is -0.242 e. The summed E-state index contributed by atoms with van der Waals surface area (Å²) in [5.41, 5.74) is 0. The van der Waals surface area contributed by atoms with Crippen LogP contribution < -0.4 is 0 Å². The summed E-state index contributed by atoms with van der Waals surface area (Å²) in [6, 6.07) is 1.49. The highest BCUT2D eigenvalue weighted by molar-refractivity contribution is 9.10. The smallest absolute Gasteiger partial charge is 0.242 e. The van der Waals surface area contributed by atoms with Gasteiger partial charge in [-0.15, -0.1) is 0 Å². The van der Waals surface area contributed by atoms with Gasteiger partial charge in [0.1, 0.15) is 10.0 Å². The molecule has 0 amide bonds. The van der Waals surface area contributed by atoms with Gasteiger partial charge in [-0.3, -0.25) is 0 Å². The molecule has 0 aromatic carbocycles. The third-order valence-corrected chi connectivity index (χ3v) is 5.34. The van der Waals surface area contributed by atoms with Crippen LogP contribution in [0.5, 0.6) is 0 Å². The van der Waals surface area contributed by atoms with E-state index in [2.05, 4.69) is 20.9 Å². The van der Waals surface area contributed by atoms with Crippen molar-refractivity contribution in [1.29, 1.82) is 0 Å². The number of unbranched alkanes of at least 4 members (excludes halogenated alkanes) is 1. The second-order valence-electron chi connectivity index (χ2n) is 3.79. The van der Waals surface area contributed by atoms with E-state index < -0.39 is 10.0 Å². The Morgan fingerprint density at radius 1 is 1.44 bits per heavy atom. The summed E-state index contributed by atoms with van der Waals surface area (Å²) < 4.78 is 26.9. The third-order valence-electron chi connectivity index (χ3n) is 2.51. The molecule has 0 aliphatic heterocycles. The van der Waals surface area contributed by atoms with Crippen LogP contribution in [0.25, 0.3) is 0 Å². The van der Waals surface area contributed by atoms with E-state index in [-0.39, 0.29) is 10.0 Å². The van der Waals surface area contributed by atoms with Crippen molar-refractivity contribution in [2.45, 2.75) is 31.6 Å². The van der Waals surface area contributed by atoms with E-state index in [0.29, 0.717) is 17.6 Å². The molecule has 0 spiro atoms. The molecule has 4 nitrogen and oxygen atoms in total. The van der Waals surface area contributed by atoms with Crippen molar-refractivity contribution in [2.75, 3.05) is 13.1 Å². The molecule has 0 fully saturated rings. The summed E-state index contributed by atoms with van der Waals surface area (Å²) in [7, 11) is -3.57. The summed E-state index contributed by atoms with van der Waals surface area (Å²) in [4.78, 5) is 3.91. The molecule has 0 bridgehead atoms. The molecule has 0 N–H and O–H groups in total. The number of sulfonamides is 1. The SMILES string of the molecule is CCCCN(CC)S(=O)(=O)c1cc(Br)cnc1Cl. The minimum atomic E-state index is -3.57. The van der Waals surface area contributed by atoms with Gasteiger partial charge in [0.15, 0.2) is 0 Å². The first-order valence-corrected chi connectivity index (χ1v) is 8.35. The van der Waals surface area contributed by atoms with Crippen molar-refractivity contribution in [1.82, 2.24) is 9.29 Å². The largest absolute Gasteiger partial charge is 0.246 e. The number of rotatable bonds is 6. The molecule has 0 radical (unpaired) electrons. The molecule has 0 atom stereocenters. The maximum atomic E-state index is 12.4. The molecule has 0 aliphatic rings. The third kappa shape index (κ3) is 3.66. The van der Waals surface area contributed by atoms with Crippen LogP contribution in [0.1, 0.15) is 26.7 Å². The van der Waals surface area contributed by atoms with Crippen LogP contribution in [0.15, 0.2) is 21.6 Å². The predicted molar refractivity (Wildman–Crippen MR) is 76.3 cm³/mol. The zero-order valence-electron chi connectivity index (χ0n) is 10.4. The lowest BCUT2D eigenvalue weighted by molar-refractivity contribution is 0.418. The minimum absolute atomic E-state index is 0.00754. The van der Waals surface area contributed by atoms with E-state index in [0.717, 1.165) is 12.8 Å². The highest BCUT2D eigenvalue weighted by atomic mass is 79.9. The van der Waals surface area contributed by atoms with Crippen molar-refractivity contribution in [3.8, 4) is 0 Å². The van der Waals surface area contributed by atoms with Crippen molar-refractivity contribution in [2.24, 2.45) is 0 Å². The van der Waals surface area contributed by atoms with Gasteiger partial charge in [0.2, 0.25) is 10.0 Å². The van der Waals surface area contributed by atoms with Gasteiger partial charge in [0.05, 0.1) is 0 Å². The van der Waals surface area contributed by atoms with Crippen LogP contribution in [0, 0.1) is 0 Å². The van der Waals surface area contributed by atoms with Gasteiger partial charge < -0.3 is 0 Å². The number of aromatic nitrogens is 1. The molecule has 18 heavy (non-hydrogen) atoms. The quantitative estimate of drug-likeness (QED) is 0.736. The maximum absolute atomic E-state index is 12.4. The van der Waals surface area contributed by atoms with Crippen molar-refractivity contribution in [3.05, 3.63) is 21.9 Å². The Kier molecular flexibility index (Phi) is 6.04. The summed E-state index contributed by atoms with van der Waals surface area (Å²) in [6.07, 6.45) is 3.24. The van der Waals surface area contributed by atoms with Crippen molar-refractivity contribution in [3.63, 3.8) is 0 Å². The molecule has 1 heterocycles. The molecule has 102 valence electrons. The molecular weight excluding hydrogens is 340 g/mol. The fraction of sp³-hybridized carbons (Fsp3) is 0.545. The van der Waals surface area contributed by atoms with Crippen LogP contribution >= 0.6 is 27.5 Å². The Balaban J connectivity index is 3.14. The topological polar surface area (TPSA) is 50.3 Å². The van der Waals surface area contributed by atoms with E-state index >= 15 is 0 Å². The van der Waals surface area contributed by atoms with E-state index in [1.807, 2.05) is 13.8 Å². The molecule has 0 saturated heterocycles. The maximum Gasteiger partial charge on any atom is 0.246 e. The zero-order valence-corrected chi connectivity index (χ0v) is 13.5. The number of nitrogens with zero attached hydrogens (tertiary/aromatic N) is 2. The molecule has 1 aromatic rings. The number of pyridine rings is 1.